The Bertz CT molecular complexity index is 673. The van der Waals surface area contributed by atoms with Gasteiger partial charge in [-0.3, -0.25) is 9.59 Å². The number of benzene rings is 1. The maximum atomic E-state index is 12.2. The van der Waals surface area contributed by atoms with Crippen LogP contribution in [0.1, 0.15) is 27.9 Å². The molecule has 0 atom stereocenters. The number of nitrogens with zero attached hydrogens (tertiary/aromatic N) is 2. The summed E-state index contributed by atoms with van der Waals surface area (Å²) in [6.07, 6.45) is 0.658. The molecular weight excluding hydrogens is 322 g/mol. The van der Waals surface area contributed by atoms with Gasteiger partial charge in [0.1, 0.15) is 4.88 Å². The number of carboxylic acid groups (broad SMARTS) is 1. The first-order chi connectivity index (χ1) is 10.6. The first-order valence-electron chi connectivity index (χ1n) is 6.61. The van der Waals surface area contributed by atoms with E-state index in [1.54, 1.807) is 6.07 Å². The van der Waals surface area contributed by atoms with Crippen LogP contribution in [0, 0.1) is 0 Å². The Balaban J connectivity index is 2.01. The van der Waals surface area contributed by atoms with Crippen LogP contribution in [0.2, 0.25) is 0 Å². The molecule has 0 unspecified atom stereocenters. The molecule has 2 rings (SSSR count). The zero-order valence-corrected chi connectivity index (χ0v) is 13.5. The van der Waals surface area contributed by atoms with Gasteiger partial charge in [0.05, 0.1) is 11.4 Å². The van der Waals surface area contributed by atoms with E-state index in [0.29, 0.717) is 28.4 Å². The van der Waals surface area contributed by atoms with Crippen LogP contribution in [-0.4, -0.2) is 32.3 Å². The lowest BCUT2D eigenvalue weighted by atomic mass is 10.2. The fraction of sp³-hybridized carbons (Fsp3) is 0.286. The molecule has 1 aromatic carbocycles. The Morgan fingerprint density at radius 2 is 2.23 bits per heavy atom. The topological polar surface area (TPSA) is 92.2 Å². The Labute approximate surface area is 136 Å². The van der Waals surface area contributed by atoms with Crippen molar-refractivity contribution < 1.29 is 14.7 Å². The molecule has 0 aliphatic rings. The highest BCUT2D eigenvalue weighted by molar-refractivity contribution is 7.99. The summed E-state index contributed by atoms with van der Waals surface area (Å²) >= 11 is 2.40. The Kier molecular flexibility index (Phi) is 5.91. The molecule has 0 spiro atoms. The molecule has 116 valence electrons. The van der Waals surface area contributed by atoms with E-state index in [-0.39, 0.29) is 11.7 Å². The number of thioether (sulfide) groups is 1. The molecule has 0 bridgehead atoms. The third-order valence-corrected chi connectivity index (χ3v) is 4.53. The first kappa shape index (κ1) is 16.4. The standard InChI is InChI=1S/C14H15N3O3S2/c1-2-11-13(22-17-16-11)14(20)15-10-5-3-4-9(6-10)7-21-8-12(18)19/h3-6H,2,7-8H2,1H3,(H,15,20)(H,18,19). The quantitative estimate of drug-likeness (QED) is 0.807. The average Bonchev–Trinajstić information content (AvgIpc) is 2.96. The molecule has 0 aliphatic heterocycles. The van der Waals surface area contributed by atoms with Gasteiger partial charge >= 0.3 is 5.97 Å². The summed E-state index contributed by atoms with van der Waals surface area (Å²) < 4.78 is 3.80. The van der Waals surface area contributed by atoms with E-state index in [9.17, 15) is 9.59 Å². The molecule has 0 aliphatic carbocycles. The van der Waals surface area contributed by atoms with Gasteiger partial charge in [-0.15, -0.1) is 16.9 Å². The van der Waals surface area contributed by atoms with Crippen molar-refractivity contribution in [1.82, 2.24) is 9.59 Å². The SMILES string of the molecule is CCc1nnsc1C(=O)Nc1cccc(CSCC(=O)O)c1. The van der Waals surface area contributed by atoms with Crippen molar-refractivity contribution in [3.63, 3.8) is 0 Å². The zero-order valence-electron chi connectivity index (χ0n) is 11.9. The zero-order chi connectivity index (χ0) is 15.9. The molecule has 1 aromatic heterocycles. The van der Waals surface area contributed by atoms with E-state index in [2.05, 4.69) is 14.9 Å². The molecule has 6 nitrogen and oxygen atoms in total. The molecule has 1 amide bonds. The minimum atomic E-state index is -0.834. The van der Waals surface area contributed by atoms with Crippen molar-refractivity contribution >= 4 is 40.9 Å². The maximum Gasteiger partial charge on any atom is 0.313 e. The van der Waals surface area contributed by atoms with E-state index in [1.807, 2.05) is 25.1 Å². The van der Waals surface area contributed by atoms with Crippen molar-refractivity contribution in [1.29, 1.82) is 0 Å². The van der Waals surface area contributed by atoms with Crippen molar-refractivity contribution in [2.45, 2.75) is 19.1 Å². The molecule has 0 radical (unpaired) electrons. The number of anilines is 1. The number of carbonyl (C=O) groups excluding carboxylic acids is 1. The first-order valence-corrected chi connectivity index (χ1v) is 8.54. The van der Waals surface area contributed by atoms with Gasteiger partial charge in [-0.2, -0.15) is 0 Å². The average molecular weight is 337 g/mol. The summed E-state index contributed by atoms with van der Waals surface area (Å²) in [6.45, 7) is 1.92. The predicted octanol–water partition coefficient (Wildman–Crippen LogP) is 2.67. The summed E-state index contributed by atoms with van der Waals surface area (Å²) in [6, 6.07) is 7.37. The van der Waals surface area contributed by atoms with Crippen LogP contribution in [0.15, 0.2) is 24.3 Å². The van der Waals surface area contributed by atoms with Crippen molar-refractivity contribution in [2.24, 2.45) is 0 Å². The molecule has 8 heteroatoms. The van der Waals surface area contributed by atoms with Crippen molar-refractivity contribution in [3.05, 3.63) is 40.4 Å². The Morgan fingerprint density at radius 3 is 2.95 bits per heavy atom. The number of aryl methyl sites for hydroxylation is 1. The number of rotatable bonds is 7. The summed E-state index contributed by atoms with van der Waals surface area (Å²) in [5.74, 6) is -0.414. The number of nitrogens with one attached hydrogen (secondary N) is 1. The highest BCUT2D eigenvalue weighted by Crippen LogP contribution is 2.19. The molecule has 2 N–H and O–H groups in total. The van der Waals surface area contributed by atoms with Crippen molar-refractivity contribution in [2.75, 3.05) is 11.1 Å². The van der Waals surface area contributed by atoms with Gasteiger partial charge in [-0.25, -0.2) is 0 Å². The van der Waals surface area contributed by atoms with E-state index in [4.69, 9.17) is 5.11 Å². The Morgan fingerprint density at radius 1 is 1.41 bits per heavy atom. The monoisotopic (exact) mass is 337 g/mol. The minimum Gasteiger partial charge on any atom is -0.481 e. The number of carboxylic acids is 1. The van der Waals surface area contributed by atoms with Crippen LogP contribution in [-0.2, 0) is 17.0 Å². The van der Waals surface area contributed by atoms with Crippen LogP contribution < -0.4 is 5.32 Å². The molecule has 0 fully saturated rings. The number of hydrogen-bond acceptors (Lipinski definition) is 6. The smallest absolute Gasteiger partial charge is 0.313 e. The second-order valence-electron chi connectivity index (χ2n) is 4.44. The molecule has 2 aromatic rings. The van der Waals surface area contributed by atoms with Crippen LogP contribution in [0.4, 0.5) is 5.69 Å². The van der Waals surface area contributed by atoms with E-state index < -0.39 is 5.97 Å². The van der Waals surface area contributed by atoms with E-state index >= 15 is 0 Å². The summed E-state index contributed by atoms with van der Waals surface area (Å²) in [7, 11) is 0. The van der Waals surface area contributed by atoms with Crippen LogP contribution in [0.5, 0.6) is 0 Å². The van der Waals surface area contributed by atoms with Gasteiger partial charge in [0, 0.05) is 11.4 Å². The highest BCUT2D eigenvalue weighted by atomic mass is 32.2. The van der Waals surface area contributed by atoms with Gasteiger partial charge in [0.2, 0.25) is 0 Å². The fourth-order valence-corrected chi connectivity index (χ4v) is 3.13. The van der Waals surface area contributed by atoms with E-state index in [0.717, 1.165) is 17.1 Å². The number of carbonyl (C=O) groups is 2. The number of amides is 1. The number of aliphatic carboxylic acids is 1. The summed E-state index contributed by atoms with van der Waals surface area (Å²) in [5.41, 5.74) is 2.33. The highest BCUT2D eigenvalue weighted by Gasteiger charge is 2.15. The van der Waals surface area contributed by atoms with Gasteiger partial charge in [0.15, 0.2) is 0 Å². The lowest BCUT2D eigenvalue weighted by molar-refractivity contribution is -0.133. The van der Waals surface area contributed by atoms with Crippen LogP contribution >= 0.6 is 23.3 Å². The third kappa shape index (κ3) is 4.54. The number of hydrogen-bond donors (Lipinski definition) is 2. The van der Waals surface area contributed by atoms with Crippen LogP contribution in [0.3, 0.4) is 0 Å². The van der Waals surface area contributed by atoms with Gasteiger partial charge in [-0.1, -0.05) is 23.5 Å². The van der Waals surface area contributed by atoms with Gasteiger partial charge in [-0.05, 0) is 35.6 Å². The van der Waals surface area contributed by atoms with Gasteiger partial charge in [0.25, 0.3) is 5.91 Å². The normalized spacial score (nSPS) is 10.4. The molecule has 22 heavy (non-hydrogen) atoms. The molecule has 0 saturated carbocycles. The van der Waals surface area contributed by atoms with Crippen molar-refractivity contribution in [3.8, 4) is 0 Å². The van der Waals surface area contributed by atoms with Crippen LogP contribution in [0.25, 0.3) is 0 Å². The number of aromatic nitrogens is 2. The third-order valence-electron chi connectivity index (χ3n) is 2.78. The maximum absolute atomic E-state index is 12.2. The Hall–Kier alpha value is -1.93. The predicted molar refractivity (Wildman–Crippen MR) is 87.5 cm³/mol. The summed E-state index contributed by atoms with van der Waals surface area (Å²) in [4.78, 5) is 23.2. The molecular formula is C14H15N3O3S2. The second-order valence-corrected chi connectivity index (χ2v) is 6.18. The summed E-state index contributed by atoms with van der Waals surface area (Å²) in [5, 5.41) is 15.4. The minimum absolute atomic E-state index is 0.0585. The van der Waals surface area contributed by atoms with Gasteiger partial charge < -0.3 is 10.4 Å². The molecule has 0 saturated heterocycles. The lowest BCUT2D eigenvalue weighted by Crippen LogP contribution is -2.12. The fourth-order valence-electron chi connectivity index (χ4n) is 1.80. The molecule has 1 heterocycles. The van der Waals surface area contributed by atoms with E-state index in [1.165, 1.54) is 11.8 Å². The largest absolute Gasteiger partial charge is 0.481 e. The second kappa shape index (κ2) is 7.90. The lowest BCUT2D eigenvalue weighted by Gasteiger charge is -2.06.